The van der Waals surface area contributed by atoms with Crippen LogP contribution in [0.25, 0.3) is 0 Å². The van der Waals surface area contributed by atoms with Crippen molar-refractivity contribution in [1.29, 1.82) is 5.26 Å². The minimum absolute atomic E-state index is 0.0773. The molecule has 0 radical (unpaired) electrons. The lowest BCUT2D eigenvalue weighted by atomic mass is 10.1. The molecule has 0 aromatic heterocycles. The normalized spacial score (nSPS) is 9.00. The predicted molar refractivity (Wildman–Crippen MR) is 57.6 cm³/mol. The molecule has 0 unspecified atom stereocenters. The van der Waals surface area contributed by atoms with Gasteiger partial charge in [0.1, 0.15) is 0 Å². The number of nitrogens with one attached hydrogen (secondary N) is 2. The third-order valence-electron chi connectivity index (χ3n) is 1.94. The lowest BCUT2D eigenvalue weighted by Gasteiger charge is -2.04. The second kappa shape index (κ2) is 5.51. The molecule has 0 atom stereocenters. The number of carbonyl (C=O) groups excluding carboxylic acids is 2. The number of nitrogens with zero attached hydrogens (tertiary/aromatic N) is 1. The molecule has 0 saturated heterocycles. The van der Waals surface area contributed by atoms with Crippen LogP contribution in [-0.2, 0) is 4.79 Å². The Bertz CT molecular complexity index is 449. The van der Waals surface area contributed by atoms with Crippen LogP contribution < -0.4 is 10.6 Å². The molecule has 0 aliphatic heterocycles. The number of rotatable bonds is 3. The highest BCUT2D eigenvalue weighted by Crippen LogP contribution is 2.03. The number of benzene rings is 1. The van der Waals surface area contributed by atoms with Crippen LogP contribution in [-0.4, -0.2) is 25.4 Å². The van der Waals surface area contributed by atoms with Crippen LogP contribution in [0.1, 0.15) is 15.9 Å². The summed E-state index contributed by atoms with van der Waals surface area (Å²) in [6.07, 6.45) is 0. The molecule has 5 heteroatoms. The maximum atomic E-state index is 11.5. The molecule has 0 fully saturated rings. The molecule has 1 aromatic rings. The van der Waals surface area contributed by atoms with Gasteiger partial charge in [0.15, 0.2) is 0 Å². The van der Waals surface area contributed by atoms with E-state index in [2.05, 4.69) is 10.6 Å². The molecular weight excluding hydrogens is 206 g/mol. The molecule has 0 bridgehead atoms. The summed E-state index contributed by atoms with van der Waals surface area (Å²) in [5.74, 6) is -0.648. The van der Waals surface area contributed by atoms with Gasteiger partial charge < -0.3 is 10.6 Å². The van der Waals surface area contributed by atoms with Gasteiger partial charge in [-0.25, -0.2) is 0 Å². The van der Waals surface area contributed by atoms with Gasteiger partial charge in [0, 0.05) is 12.6 Å². The summed E-state index contributed by atoms with van der Waals surface area (Å²) in [7, 11) is 1.49. The highest BCUT2D eigenvalue weighted by molar-refractivity contribution is 5.96. The Labute approximate surface area is 93.1 Å². The van der Waals surface area contributed by atoms with E-state index in [9.17, 15) is 9.59 Å². The van der Waals surface area contributed by atoms with Crippen molar-refractivity contribution < 1.29 is 9.59 Å². The fourth-order valence-corrected chi connectivity index (χ4v) is 1.08. The standard InChI is InChI=1S/C11H11N3O2/c1-13-10(15)7-14-11(16)9-4-2-3-8(5-9)6-12/h2-5H,7H2,1H3,(H,13,15)(H,14,16). The van der Waals surface area contributed by atoms with E-state index in [1.54, 1.807) is 18.2 Å². The number of carbonyl (C=O) groups is 2. The first-order valence-corrected chi connectivity index (χ1v) is 4.66. The minimum atomic E-state index is -0.374. The molecule has 1 aromatic carbocycles. The third-order valence-corrected chi connectivity index (χ3v) is 1.94. The second-order valence-electron chi connectivity index (χ2n) is 3.05. The van der Waals surface area contributed by atoms with Crippen LogP contribution in [0, 0.1) is 11.3 Å². The molecule has 0 heterocycles. The Hall–Kier alpha value is -2.35. The molecule has 2 amide bonds. The van der Waals surface area contributed by atoms with E-state index in [0.29, 0.717) is 11.1 Å². The van der Waals surface area contributed by atoms with Crippen molar-refractivity contribution in [1.82, 2.24) is 10.6 Å². The summed E-state index contributed by atoms with van der Waals surface area (Å²) in [5.41, 5.74) is 0.774. The second-order valence-corrected chi connectivity index (χ2v) is 3.05. The Kier molecular flexibility index (Phi) is 4.04. The first kappa shape index (κ1) is 11.7. The largest absolute Gasteiger partial charge is 0.358 e. The van der Waals surface area contributed by atoms with E-state index in [4.69, 9.17) is 5.26 Å². The number of likely N-dealkylation sites (N-methyl/N-ethyl adjacent to an activating group) is 1. The summed E-state index contributed by atoms with van der Waals surface area (Å²) >= 11 is 0. The van der Waals surface area contributed by atoms with Gasteiger partial charge in [0.25, 0.3) is 5.91 Å². The van der Waals surface area contributed by atoms with Crippen molar-refractivity contribution in [3.63, 3.8) is 0 Å². The average molecular weight is 217 g/mol. The van der Waals surface area contributed by atoms with Gasteiger partial charge in [-0.1, -0.05) is 6.07 Å². The quantitative estimate of drug-likeness (QED) is 0.749. The molecule has 2 N–H and O–H groups in total. The van der Waals surface area contributed by atoms with E-state index >= 15 is 0 Å². The number of amides is 2. The molecule has 0 aliphatic rings. The van der Waals surface area contributed by atoms with Gasteiger partial charge in [-0.15, -0.1) is 0 Å². The van der Waals surface area contributed by atoms with Crippen molar-refractivity contribution in [2.45, 2.75) is 0 Å². The SMILES string of the molecule is CNC(=O)CNC(=O)c1cccc(C#N)c1. The number of nitriles is 1. The molecule has 16 heavy (non-hydrogen) atoms. The highest BCUT2D eigenvalue weighted by atomic mass is 16.2. The van der Waals surface area contributed by atoms with Crippen LogP contribution in [0.15, 0.2) is 24.3 Å². The fourth-order valence-electron chi connectivity index (χ4n) is 1.08. The van der Waals surface area contributed by atoms with E-state index < -0.39 is 0 Å². The van der Waals surface area contributed by atoms with Crippen LogP contribution in [0.5, 0.6) is 0 Å². The molecule has 0 saturated carbocycles. The van der Waals surface area contributed by atoms with Crippen LogP contribution in [0.3, 0.4) is 0 Å². The van der Waals surface area contributed by atoms with E-state index in [-0.39, 0.29) is 18.4 Å². The zero-order chi connectivity index (χ0) is 12.0. The minimum Gasteiger partial charge on any atom is -0.358 e. The van der Waals surface area contributed by atoms with Gasteiger partial charge in [-0.05, 0) is 18.2 Å². The Balaban J connectivity index is 2.66. The maximum absolute atomic E-state index is 11.5. The molecule has 0 spiro atoms. The Morgan fingerprint density at radius 1 is 1.44 bits per heavy atom. The molecular formula is C11H11N3O2. The zero-order valence-corrected chi connectivity index (χ0v) is 8.78. The van der Waals surface area contributed by atoms with Gasteiger partial charge in [0.05, 0.1) is 18.2 Å². The fraction of sp³-hybridized carbons (Fsp3) is 0.182. The summed E-state index contributed by atoms with van der Waals surface area (Å²) < 4.78 is 0. The maximum Gasteiger partial charge on any atom is 0.251 e. The lowest BCUT2D eigenvalue weighted by Crippen LogP contribution is -2.35. The summed E-state index contributed by atoms with van der Waals surface area (Å²) in [6.45, 7) is -0.0773. The van der Waals surface area contributed by atoms with Gasteiger partial charge in [-0.3, -0.25) is 9.59 Å². The van der Waals surface area contributed by atoms with Crippen LogP contribution >= 0.6 is 0 Å². The summed E-state index contributed by atoms with van der Waals surface area (Å²) in [5, 5.41) is 13.5. The Morgan fingerprint density at radius 3 is 2.81 bits per heavy atom. The lowest BCUT2D eigenvalue weighted by molar-refractivity contribution is -0.119. The topological polar surface area (TPSA) is 82.0 Å². The molecule has 82 valence electrons. The zero-order valence-electron chi connectivity index (χ0n) is 8.78. The summed E-state index contributed by atoms with van der Waals surface area (Å²) in [6, 6.07) is 8.22. The molecule has 5 nitrogen and oxygen atoms in total. The number of hydrogen-bond donors (Lipinski definition) is 2. The van der Waals surface area contributed by atoms with E-state index in [1.807, 2.05) is 6.07 Å². The average Bonchev–Trinajstić information content (AvgIpc) is 2.35. The van der Waals surface area contributed by atoms with Crippen molar-refractivity contribution in [2.24, 2.45) is 0 Å². The van der Waals surface area contributed by atoms with E-state index in [0.717, 1.165) is 0 Å². The molecule has 1 rings (SSSR count). The van der Waals surface area contributed by atoms with Gasteiger partial charge in [0.2, 0.25) is 5.91 Å². The highest BCUT2D eigenvalue weighted by Gasteiger charge is 2.07. The molecule has 0 aliphatic carbocycles. The van der Waals surface area contributed by atoms with Crippen molar-refractivity contribution in [2.75, 3.05) is 13.6 Å². The van der Waals surface area contributed by atoms with Gasteiger partial charge >= 0.3 is 0 Å². The van der Waals surface area contributed by atoms with Crippen LogP contribution in [0.2, 0.25) is 0 Å². The van der Waals surface area contributed by atoms with Crippen molar-refractivity contribution in [3.8, 4) is 6.07 Å². The van der Waals surface area contributed by atoms with E-state index in [1.165, 1.54) is 13.1 Å². The first-order valence-electron chi connectivity index (χ1n) is 4.66. The predicted octanol–water partition coefficient (Wildman–Crippen LogP) is 0.0341. The number of hydrogen-bond acceptors (Lipinski definition) is 3. The smallest absolute Gasteiger partial charge is 0.251 e. The van der Waals surface area contributed by atoms with Crippen LogP contribution in [0.4, 0.5) is 0 Å². The Morgan fingerprint density at radius 2 is 2.19 bits per heavy atom. The van der Waals surface area contributed by atoms with Crippen molar-refractivity contribution in [3.05, 3.63) is 35.4 Å². The van der Waals surface area contributed by atoms with Crippen molar-refractivity contribution >= 4 is 11.8 Å². The summed E-state index contributed by atoms with van der Waals surface area (Å²) in [4.78, 5) is 22.4. The third kappa shape index (κ3) is 3.10. The monoisotopic (exact) mass is 217 g/mol. The first-order chi connectivity index (χ1) is 7.67. The van der Waals surface area contributed by atoms with Gasteiger partial charge in [-0.2, -0.15) is 5.26 Å².